The lowest BCUT2D eigenvalue weighted by molar-refractivity contribution is 0.977. The molecule has 0 saturated carbocycles. The number of anilines is 1. The Morgan fingerprint density at radius 3 is 2.77 bits per heavy atom. The zero-order valence-electron chi connectivity index (χ0n) is 6.80. The zero-order chi connectivity index (χ0) is 9.84. The summed E-state index contributed by atoms with van der Waals surface area (Å²) in [5.74, 6) is -0.0108. The van der Waals surface area contributed by atoms with E-state index in [2.05, 4.69) is 32.8 Å². The molecule has 0 aliphatic rings. The summed E-state index contributed by atoms with van der Waals surface area (Å²) in [6.45, 7) is 1.68. The molecule has 1 heterocycles. The molecule has 0 atom stereocenters. The van der Waals surface area contributed by atoms with Crippen molar-refractivity contribution in [3.63, 3.8) is 0 Å². The van der Waals surface area contributed by atoms with Crippen LogP contribution in [-0.2, 0) is 0 Å². The fourth-order valence-corrected chi connectivity index (χ4v) is 0.967. The predicted octanol–water partition coefficient (Wildman–Crippen LogP) is 1.47. The first-order chi connectivity index (χ1) is 6.19. The van der Waals surface area contributed by atoms with Gasteiger partial charge in [0.15, 0.2) is 16.7 Å². The van der Waals surface area contributed by atoms with Crippen molar-refractivity contribution in [1.82, 2.24) is 9.97 Å². The minimum atomic E-state index is -0.101. The second-order valence-electron chi connectivity index (χ2n) is 2.06. The maximum absolute atomic E-state index is 10.3. The van der Waals surface area contributed by atoms with Crippen molar-refractivity contribution in [3.8, 4) is 0 Å². The summed E-state index contributed by atoms with van der Waals surface area (Å²) in [5, 5.41) is 2.77. The summed E-state index contributed by atoms with van der Waals surface area (Å²) in [6.07, 6.45) is 1.47. The van der Waals surface area contributed by atoms with Crippen molar-refractivity contribution >= 4 is 36.2 Å². The topological polar surface area (TPSA) is 93.6 Å². The van der Waals surface area contributed by atoms with Gasteiger partial charge in [-0.2, -0.15) is 4.98 Å². The Balaban J connectivity index is 3.37. The molecule has 13 heavy (non-hydrogen) atoms. The molecule has 1 aromatic rings. The van der Waals surface area contributed by atoms with Gasteiger partial charge in [0.2, 0.25) is 5.82 Å². The van der Waals surface area contributed by atoms with Gasteiger partial charge < -0.3 is 5.73 Å². The summed E-state index contributed by atoms with van der Waals surface area (Å²) < 4.78 is 0. The minimum absolute atomic E-state index is 0.0905. The van der Waals surface area contributed by atoms with Gasteiger partial charge in [-0.25, -0.2) is 4.98 Å². The number of nitrogen functional groups attached to an aromatic ring is 1. The van der Waals surface area contributed by atoms with Crippen LogP contribution < -0.4 is 5.73 Å². The first-order valence-corrected chi connectivity index (χ1v) is 3.82. The van der Waals surface area contributed by atoms with Gasteiger partial charge in [-0.3, -0.25) is 4.99 Å². The van der Waals surface area contributed by atoms with Crippen LogP contribution in [0.25, 0.3) is 0 Å². The highest BCUT2D eigenvalue weighted by atomic mass is 32.1. The molecule has 7 heteroatoms. The summed E-state index contributed by atoms with van der Waals surface area (Å²) in [6, 6.07) is 0. The average molecular weight is 197 g/mol. The molecule has 0 amide bonds. The summed E-state index contributed by atoms with van der Waals surface area (Å²) in [7, 11) is 0. The van der Waals surface area contributed by atoms with Crippen LogP contribution in [0, 0.1) is 4.91 Å². The Morgan fingerprint density at radius 1 is 1.54 bits per heavy atom. The number of nitrogens with zero attached hydrogens (tertiary/aromatic N) is 4. The fourth-order valence-electron chi connectivity index (χ4n) is 0.765. The van der Waals surface area contributed by atoms with E-state index in [1.807, 2.05) is 0 Å². The first kappa shape index (κ1) is 9.59. The zero-order valence-corrected chi connectivity index (χ0v) is 7.69. The molecule has 0 aromatic carbocycles. The van der Waals surface area contributed by atoms with Crippen molar-refractivity contribution in [2.75, 3.05) is 5.73 Å². The maximum atomic E-state index is 10.3. The third-order valence-electron chi connectivity index (χ3n) is 1.23. The van der Waals surface area contributed by atoms with Crippen LogP contribution in [0.1, 0.15) is 6.92 Å². The van der Waals surface area contributed by atoms with Gasteiger partial charge in [0.05, 0.1) is 0 Å². The molecule has 0 aliphatic carbocycles. The van der Waals surface area contributed by atoms with Gasteiger partial charge in [-0.05, 0) is 12.1 Å². The Labute approximate surface area is 79.7 Å². The van der Waals surface area contributed by atoms with Gasteiger partial charge in [-0.15, -0.1) is 17.5 Å². The van der Waals surface area contributed by atoms with Gasteiger partial charge in [-0.1, -0.05) is 0 Å². The number of aromatic nitrogens is 2. The van der Waals surface area contributed by atoms with E-state index in [9.17, 15) is 4.91 Å². The Morgan fingerprint density at radius 2 is 2.23 bits per heavy atom. The number of nitroso groups, excluding NO2 is 1. The van der Waals surface area contributed by atoms with Crippen LogP contribution in [0.15, 0.2) is 15.3 Å². The lowest BCUT2D eigenvalue weighted by atomic mass is 10.4. The van der Waals surface area contributed by atoms with E-state index in [-0.39, 0.29) is 22.5 Å². The molecule has 0 aliphatic heterocycles. The third-order valence-corrected chi connectivity index (χ3v) is 1.43. The molecule has 6 nitrogen and oxygen atoms in total. The second-order valence-corrected chi connectivity index (χ2v) is 2.46. The molecular formula is C6H7N5OS. The summed E-state index contributed by atoms with van der Waals surface area (Å²) in [5.41, 5.74) is 5.65. The third kappa shape index (κ3) is 2.00. The van der Waals surface area contributed by atoms with Crippen molar-refractivity contribution in [2.45, 2.75) is 12.1 Å². The molecule has 0 radical (unpaired) electrons. The van der Waals surface area contributed by atoms with Crippen molar-refractivity contribution in [3.05, 3.63) is 4.91 Å². The first-order valence-electron chi connectivity index (χ1n) is 3.37. The van der Waals surface area contributed by atoms with Crippen LogP contribution in [0.4, 0.5) is 17.3 Å². The number of thiol groups is 1. The minimum Gasteiger partial charge on any atom is -0.382 e. The second kappa shape index (κ2) is 3.94. The highest BCUT2D eigenvalue weighted by Gasteiger charge is 2.09. The Bertz CT molecular complexity index is 364. The van der Waals surface area contributed by atoms with E-state index >= 15 is 0 Å². The molecule has 0 unspecified atom stereocenters. The molecular weight excluding hydrogens is 190 g/mol. The predicted molar refractivity (Wildman–Crippen MR) is 53.0 cm³/mol. The fraction of sp³-hybridized carbons (Fsp3) is 0.167. The lowest BCUT2D eigenvalue weighted by Gasteiger charge is -2.00. The molecule has 0 fully saturated rings. The number of hydrogen-bond donors (Lipinski definition) is 2. The number of hydrogen-bond acceptors (Lipinski definition) is 7. The monoisotopic (exact) mass is 197 g/mol. The van der Waals surface area contributed by atoms with Gasteiger partial charge in [0, 0.05) is 6.21 Å². The molecule has 0 spiro atoms. The SMILES string of the molecule is C/C=N/c1c(N)nc(S)nc1N=O. The van der Waals surface area contributed by atoms with Gasteiger partial charge >= 0.3 is 0 Å². The summed E-state index contributed by atoms with van der Waals surface area (Å²) in [4.78, 5) is 21.5. The van der Waals surface area contributed by atoms with Crippen molar-refractivity contribution < 1.29 is 0 Å². The average Bonchev–Trinajstić information content (AvgIpc) is 2.09. The molecule has 0 bridgehead atoms. The van der Waals surface area contributed by atoms with E-state index in [0.717, 1.165) is 0 Å². The molecule has 1 aromatic heterocycles. The van der Waals surface area contributed by atoms with Crippen LogP contribution in [0.3, 0.4) is 0 Å². The van der Waals surface area contributed by atoms with Crippen LogP contribution >= 0.6 is 12.6 Å². The maximum Gasteiger partial charge on any atom is 0.228 e. The number of aliphatic imine (C=N–C) groups is 1. The number of rotatable bonds is 2. The van der Waals surface area contributed by atoms with E-state index in [4.69, 9.17) is 5.73 Å². The van der Waals surface area contributed by atoms with Crippen LogP contribution in [0.5, 0.6) is 0 Å². The van der Waals surface area contributed by atoms with E-state index < -0.39 is 0 Å². The molecule has 0 saturated heterocycles. The van der Waals surface area contributed by atoms with E-state index in [1.54, 1.807) is 6.92 Å². The van der Waals surface area contributed by atoms with Crippen molar-refractivity contribution in [2.24, 2.45) is 10.2 Å². The highest BCUT2D eigenvalue weighted by molar-refractivity contribution is 7.80. The highest BCUT2D eigenvalue weighted by Crippen LogP contribution is 2.30. The molecule has 2 N–H and O–H groups in total. The van der Waals surface area contributed by atoms with E-state index in [1.165, 1.54) is 6.21 Å². The summed E-state index contributed by atoms with van der Waals surface area (Å²) >= 11 is 3.84. The van der Waals surface area contributed by atoms with Crippen LogP contribution in [0.2, 0.25) is 0 Å². The lowest BCUT2D eigenvalue weighted by Crippen LogP contribution is -1.94. The van der Waals surface area contributed by atoms with Gasteiger partial charge in [0.25, 0.3) is 0 Å². The molecule has 1 rings (SSSR count). The standard InChI is InChI=1S/C6H7N5OS/c1-2-8-3-4(7)9-6(13)10-5(3)11-12/h2H,1H3,(H3,7,9,10,13)/b8-2+. The van der Waals surface area contributed by atoms with Gasteiger partial charge in [0.1, 0.15) is 0 Å². The largest absolute Gasteiger partial charge is 0.382 e. The Kier molecular flexibility index (Phi) is 2.91. The normalized spacial score (nSPS) is 10.6. The van der Waals surface area contributed by atoms with E-state index in [0.29, 0.717) is 0 Å². The Hall–Kier alpha value is -1.50. The molecule has 68 valence electrons. The number of nitrogens with two attached hydrogens (primary N) is 1. The van der Waals surface area contributed by atoms with Crippen molar-refractivity contribution in [1.29, 1.82) is 0 Å². The van der Waals surface area contributed by atoms with Crippen LogP contribution in [-0.4, -0.2) is 16.2 Å². The quantitative estimate of drug-likeness (QED) is 0.325. The smallest absolute Gasteiger partial charge is 0.228 e.